The molecule has 2 aromatic rings. The summed E-state index contributed by atoms with van der Waals surface area (Å²) in [7, 11) is 0. The number of carbonyl (C=O) groups is 3. The first-order chi connectivity index (χ1) is 16.9. The van der Waals surface area contributed by atoms with Crippen molar-refractivity contribution < 1.29 is 19.1 Å². The third-order valence-electron chi connectivity index (χ3n) is 7.02. The van der Waals surface area contributed by atoms with Gasteiger partial charge in [0.25, 0.3) is 5.91 Å². The van der Waals surface area contributed by atoms with Gasteiger partial charge in [0.1, 0.15) is 6.10 Å². The number of amides is 3. The third-order valence-corrected chi connectivity index (χ3v) is 8.11. The third kappa shape index (κ3) is 4.89. The van der Waals surface area contributed by atoms with Crippen LogP contribution in [0, 0.1) is 0 Å². The van der Waals surface area contributed by atoms with Crippen molar-refractivity contribution in [3.05, 3.63) is 65.2 Å². The summed E-state index contributed by atoms with van der Waals surface area (Å²) in [4.78, 5) is 41.6. The Hall–Kier alpha value is -3.00. The number of hydrogen-bond donors (Lipinski definition) is 1. The molecule has 0 spiro atoms. The van der Waals surface area contributed by atoms with Crippen molar-refractivity contribution in [3.8, 4) is 0 Å². The number of hydrogen-bond acceptors (Lipinski definition) is 5. The molecule has 3 aliphatic rings. The topological polar surface area (TPSA) is 79.0 Å². The van der Waals surface area contributed by atoms with E-state index >= 15 is 0 Å². The fourth-order valence-corrected chi connectivity index (χ4v) is 5.87. The zero-order valence-electron chi connectivity index (χ0n) is 20.1. The van der Waals surface area contributed by atoms with E-state index in [2.05, 4.69) is 31.3 Å². The van der Waals surface area contributed by atoms with Crippen LogP contribution in [0.2, 0.25) is 0 Å². The summed E-state index contributed by atoms with van der Waals surface area (Å²) in [5.41, 5.74) is 3.74. The van der Waals surface area contributed by atoms with E-state index in [0.717, 1.165) is 19.3 Å². The normalized spacial score (nSPS) is 21.6. The highest BCUT2D eigenvalue weighted by Gasteiger charge is 2.50. The Kier molecular flexibility index (Phi) is 6.73. The van der Waals surface area contributed by atoms with Crippen LogP contribution in [0.15, 0.2) is 48.5 Å². The average molecular weight is 494 g/mol. The number of nitrogens with zero attached hydrogens (tertiary/aromatic N) is 2. The minimum absolute atomic E-state index is 0.0207. The molecule has 8 heteroatoms. The zero-order valence-corrected chi connectivity index (χ0v) is 20.9. The molecule has 7 nitrogen and oxygen atoms in total. The highest BCUT2D eigenvalue weighted by atomic mass is 32.2. The van der Waals surface area contributed by atoms with Crippen molar-refractivity contribution in [2.24, 2.45) is 0 Å². The number of fused-ring (bicyclic) bond motifs is 3. The lowest BCUT2D eigenvalue weighted by molar-refractivity contribution is -0.113. The van der Waals surface area contributed by atoms with E-state index in [-0.39, 0.29) is 36.1 Å². The van der Waals surface area contributed by atoms with Crippen LogP contribution in [0.5, 0.6) is 0 Å². The van der Waals surface area contributed by atoms with Crippen molar-refractivity contribution in [1.82, 2.24) is 9.80 Å². The predicted molar refractivity (Wildman–Crippen MR) is 137 cm³/mol. The molecule has 0 saturated carbocycles. The van der Waals surface area contributed by atoms with Gasteiger partial charge >= 0.3 is 6.09 Å². The van der Waals surface area contributed by atoms with E-state index in [0.29, 0.717) is 35.3 Å². The van der Waals surface area contributed by atoms with Crippen molar-refractivity contribution in [2.45, 2.75) is 56.5 Å². The Morgan fingerprint density at radius 1 is 1.09 bits per heavy atom. The van der Waals surface area contributed by atoms with Gasteiger partial charge in [0, 0.05) is 36.8 Å². The lowest BCUT2D eigenvalue weighted by Crippen LogP contribution is -2.47. The lowest BCUT2D eigenvalue weighted by Gasteiger charge is -2.38. The molecule has 0 radical (unpaired) electrons. The highest BCUT2D eigenvalue weighted by molar-refractivity contribution is 8.00. The van der Waals surface area contributed by atoms with Gasteiger partial charge in [0.15, 0.2) is 0 Å². The van der Waals surface area contributed by atoms with Gasteiger partial charge in [-0.15, -0.1) is 11.8 Å². The van der Waals surface area contributed by atoms with Gasteiger partial charge < -0.3 is 15.0 Å². The van der Waals surface area contributed by atoms with Gasteiger partial charge in [-0.3, -0.25) is 14.5 Å². The molecule has 2 saturated heterocycles. The lowest BCUT2D eigenvalue weighted by atomic mass is 9.98. The molecule has 184 valence electrons. The molecule has 1 aliphatic carbocycles. The molecule has 0 unspecified atom stereocenters. The quantitative estimate of drug-likeness (QED) is 0.642. The first-order valence-corrected chi connectivity index (χ1v) is 13.3. The first kappa shape index (κ1) is 23.7. The largest absolute Gasteiger partial charge is 0.443 e. The number of piperidine rings is 1. The fourth-order valence-electron chi connectivity index (χ4n) is 5.32. The van der Waals surface area contributed by atoms with Gasteiger partial charge in [-0.1, -0.05) is 38.1 Å². The number of nitrogens with one attached hydrogen (secondary N) is 1. The molecular weight excluding hydrogens is 462 g/mol. The number of thioether (sulfide) groups is 1. The van der Waals surface area contributed by atoms with Crippen LogP contribution in [-0.2, 0) is 16.0 Å². The Morgan fingerprint density at radius 2 is 1.80 bits per heavy atom. The van der Waals surface area contributed by atoms with Crippen LogP contribution in [0.4, 0.5) is 10.5 Å². The molecule has 2 aliphatic heterocycles. The molecule has 35 heavy (non-hydrogen) atoms. The molecule has 1 N–H and O–H groups in total. The molecular formula is C27H31N3O4S. The summed E-state index contributed by atoms with van der Waals surface area (Å²) in [6, 6.07) is 15.4. The number of rotatable bonds is 6. The molecule has 2 atom stereocenters. The molecule has 2 aromatic carbocycles. The summed E-state index contributed by atoms with van der Waals surface area (Å²) in [6.07, 6.45) is 1.89. The summed E-state index contributed by atoms with van der Waals surface area (Å²) < 4.78 is 5.72. The van der Waals surface area contributed by atoms with Gasteiger partial charge in [0.2, 0.25) is 5.91 Å². The van der Waals surface area contributed by atoms with Crippen molar-refractivity contribution in [2.75, 3.05) is 24.2 Å². The van der Waals surface area contributed by atoms with Gasteiger partial charge in [-0.2, -0.15) is 0 Å². The number of benzene rings is 2. The first-order valence-electron chi connectivity index (χ1n) is 12.3. The standard InChI is InChI=1S/C27H31N3O4S/c1-17(2)35-16-24(31)28-20-9-7-18(8-10-20)26(32)29-13-11-21(12-14-29)30-25-22-6-4-3-5-19(22)15-23(25)34-27(30)33/h3-10,17,21,23,25H,11-16H2,1-2H3,(H,28,31)/t23-,25+/m0/s1. The van der Waals surface area contributed by atoms with E-state index < -0.39 is 0 Å². The maximum atomic E-state index is 13.1. The van der Waals surface area contributed by atoms with E-state index in [1.54, 1.807) is 36.0 Å². The number of ether oxygens (including phenoxy) is 1. The summed E-state index contributed by atoms with van der Waals surface area (Å²) in [6.45, 7) is 5.30. The predicted octanol–water partition coefficient (Wildman–Crippen LogP) is 4.49. The van der Waals surface area contributed by atoms with Gasteiger partial charge in [-0.25, -0.2) is 4.79 Å². The summed E-state index contributed by atoms with van der Waals surface area (Å²) in [5, 5.41) is 3.28. The SMILES string of the molecule is CC(C)SCC(=O)Nc1ccc(C(=O)N2CCC(N3C(=O)O[C@H]4Cc5ccccc5[C@H]43)CC2)cc1. The molecule has 0 aromatic heterocycles. The molecule has 2 fully saturated rings. The van der Waals surface area contributed by atoms with Gasteiger partial charge in [-0.05, 0) is 53.5 Å². The van der Waals surface area contributed by atoms with Crippen LogP contribution in [0.25, 0.3) is 0 Å². The zero-order chi connectivity index (χ0) is 24.5. The number of likely N-dealkylation sites (tertiary alicyclic amines) is 1. The Labute approximate surface area is 210 Å². The van der Waals surface area contributed by atoms with Crippen LogP contribution in [0.3, 0.4) is 0 Å². The molecule has 2 heterocycles. The van der Waals surface area contributed by atoms with Crippen LogP contribution in [0.1, 0.15) is 54.2 Å². The minimum atomic E-state index is -0.233. The second-order valence-corrected chi connectivity index (χ2v) is 11.3. The Morgan fingerprint density at radius 3 is 2.51 bits per heavy atom. The van der Waals surface area contributed by atoms with Crippen molar-refractivity contribution >= 4 is 35.4 Å². The molecule has 0 bridgehead atoms. The Bertz CT molecular complexity index is 1110. The van der Waals surface area contributed by atoms with Crippen molar-refractivity contribution in [1.29, 1.82) is 0 Å². The maximum absolute atomic E-state index is 13.1. The minimum Gasteiger partial charge on any atom is -0.443 e. The summed E-state index contributed by atoms with van der Waals surface area (Å²) >= 11 is 1.59. The van der Waals surface area contributed by atoms with E-state index in [4.69, 9.17) is 4.74 Å². The summed E-state index contributed by atoms with van der Waals surface area (Å²) in [5.74, 6) is 0.340. The Balaban J connectivity index is 1.17. The maximum Gasteiger partial charge on any atom is 0.411 e. The van der Waals surface area contributed by atoms with Crippen LogP contribution in [-0.4, -0.2) is 63.9 Å². The van der Waals surface area contributed by atoms with E-state index in [9.17, 15) is 14.4 Å². The van der Waals surface area contributed by atoms with Gasteiger partial charge in [0.05, 0.1) is 11.8 Å². The van der Waals surface area contributed by atoms with Crippen LogP contribution >= 0.6 is 11.8 Å². The molecule has 5 rings (SSSR count). The van der Waals surface area contributed by atoms with Crippen molar-refractivity contribution in [3.63, 3.8) is 0 Å². The highest BCUT2D eigenvalue weighted by Crippen LogP contribution is 2.44. The second-order valence-electron chi connectivity index (χ2n) is 9.69. The average Bonchev–Trinajstić information content (AvgIpc) is 3.37. The molecule has 3 amide bonds. The second kappa shape index (κ2) is 9.93. The smallest absolute Gasteiger partial charge is 0.411 e. The fraction of sp³-hybridized carbons (Fsp3) is 0.444. The monoisotopic (exact) mass is 493 g/mol. The van der Waals surface area contributed by atoms with Crippen LogP contribution < -0.4 is 5.32 Å². The number of carbonyl (C=O) groups excluding carboxylic acids is 3. The number of anilines is 1. The van der Waals surface area contributed by atoms with E-state index in [1.165, 1.54) is 11.1 Å². The van der Waals surface area contributed by atoms with E-state index in [1.807, 2.05) is 21.9 Å².